The molecule has 0 radical (unpaired) electrons. The lowest BCUT2D eigenvalue weighted by atomic mass is 9.85. The van der Waals surface area contributed by atoms with Gasteiger partial charge in [-0.15, -0.1) is 11.3 Å². The highest BCUT2D eigenvalue weighted by Crippen LogP contribution is 2.32. The molecule has 3 aromatic rings. The molecule has 0 spiro atoms. The predicted octanol–water partition coefficient (Wildman–Crippen LogP) is 4.99. The Morgan fingerprint density at radius 1 is 1.17 bits per heavy atom. The second-order valence-corrected chi connectivity index (χ2v) is 11.8. The van der Waals surface area contributed by atoms with Crippen LogP contribution in [0.2, 0.25) is 0 Å². The van der Waals surface area contributed by atoms with Crippen LogP contribution in [0.5, 0.6) is 0 Å². The molecule has 4 N–H and O–H groups in total. The minimum atomic E-state index is -0.170. The molecular weight excluding hydrogens is 458 g/mol. The van der Waals surface area contributed by atoms with Crippen LogP contribution in [0.1, 0.15) is 74.0 Å². The number of hydrogen-bond acceptors (Lipinski definition) is 8. The minimum Gasteiger partial charge on any atom is -0.349 e. The predicted molar refractivity (Wildman–Crippen MR) is 141 cm³/mol. The molecule has 0 atom stereocenters. The maximum atomic E-state index is 12.9. The zero-order valence-electron chi connectivity index (χ0n) is 21.0. The zero-order valence-corrected chi connectivity index (χ0v) is 21.8. The molecule has 0 unspecified atom stereocenters. The number of aromatic nitrogens is 3. The molecule has 1 amide bonds. The highest BCUT2D eigenvalue weighted by Gasteiger charge is 2.28. The van der Waals surface area contributed by atoms with Crippen molar-refractivity contribution in [3.8, 4) is 0 Å². The van der Waals surface area contributed by atoms with Gasteiger partial charge >= 0.3 is 0 Å². The Kier molecular flexibility index (Phi) is 6.01. The molecule has 35 heavy (non-hydrogen) atoms. The summed E-state index contributed by atoms with van der Waals surface area (Å²) in [4.78, 5) is 26.7. The molecule has 184 valence electrons. The lowest BCUT2D eigenvalue weighted by molar-refractivity contribution is 0.0951. The van der Waals surface area contributed by atoms with E-state index in [-0.39, 0.29) is 22.9 Å². The number of anilines is 4. The minimum absolute atomic E-state index is 0.0459. The lowest BCUT2D eigenvalue weighted by Gasteiger charge is -2.34. The van der Waals surface area contributed by atoms with E-state index in [9.17, 15) is 4.79 Å². The van der Waals surface area contributed by atoms with Crippen LogP contribution in [0.25, 0.3) is 0 Å². The fraction of sp³-hybridized carbons (Fsp3) is 0.462. The van der Waals surface area contributed by atoms with Crippen molar-refractivity contribution in [3.05, 3.63) is 51.5 Å². The van der Waals surface area contributed by atoms with E-state index in [1.165, 1.54) is 11.1 Å². The second kappa shape index (κ2) is 8.87. The first-order chi connectivity index (χ1) is 16.6. The summed E-state index contributed by atoms with van der Waals surface area (Å²) in [5.74, 6) is 1.37. The molecule has 2 aliphatic rings. The van der Waals surface area contributed by atoms with Crippen LogP contribution in [0.3, 0.4) is 0 Å². The molecule has 9 heteroatoms. The standard InChI is InChI=1S/C26H33N7OS/c1-25(2,3)23-32-20(14-35-23)31-21-18(22(34)29-16-6-7-16)13-27-24(33-21)30-17-8-9-19-15(12-17)10-11-28-26(19,4)5/h8-9,12-14,16,28H,6-7,10-11H2,1-5H3,(H,29,34)(H2,27,30,31,33). The van der Waals surface area contributed by atoms with Crippen molar-refractivity contribution in [3.63, 3.8) is 0 Å². The molecule has 1 aliphatic heterocycles. The highest BCUT2D eigenvalue weighted by molar-refractivity contribution is 7.10. The number of hydrogen-bond donors (Lipinski definition) is 4. The summed E-state index contributed by atoms with van der Waals surface area (Å²) in [6.45, 7) is 11.7. The van der Waals surface area contributed by atoms with Crippen LogP contribution < -0.4 is 21.3 Å². The molecule has 8 nitrogen and oxygen atoms in total. The highest BCUT2D eigenvalue weighted by atomic mass is 32.1. The van der Waals surface area contributed by atoms with E-state index in [2.05, 4.69) is 78.0 Å². The summed E-state index contributed by atoms with van der Waals surface area (Å²) in [6, 6.07) is 6.62. The van der Waals surface area contributed by atoms with Crippen molar-refractivity contribution in [1.82, 2.24) is 25.6 Å². The average Bonchev–Trinajstić information content (AvgIpc) is 3.46. The van der Waals surface area contributed by atoms with E-state index >= 15 is 0 Å². The van der Waals surface area contributed by atoms with Crippen LogP contribution in [0.4, 0.5) is 23.3 Å². The van der Waals surface area contributed by atoms with E-state index in [1.807, 2.05) is 11.4 Å². The molecule has 1 saturated carbocycles. The number of benzene rings is 1. The van der Waals surface area contributed by atoms with Gasteiger partial charge in [0.1, 0.15) is 22.2 Å². The fourth-order valence-corrected chi connectivity index (χ4v) is 5.05. The van der Waals surface area contributed by atoms with Gasteiger partial charge < -0.3 is 21.3 Å². The number of thiazole rings is 1. The van der Waals surface area contributed by atoms with Crippen molar-refractivity contribution in [2.75, 3.05) is 17.2 Å². The number of carbonyl (C=O) groups excluding carboxylic acids is 1. The average molecular weight is 492 g/mol. The molecule has 1 fully saturated rings. The van der Waals surface area contributed by atoms with Crippen molar-refractivity contribution >= 4 is 40.5 Å². The van der Waals surface area contributed by atoms with Gasteiger partial charge in [0, 0.05) is 34.3 Å². The van der Waals surface area contributed by atoms with E-state index in [1.54, 1.807) is 17.5 Å². The molecule has 3 heterocycles. The van der Waals surface area contributed by atoms with Gasteiger partial charge in [-0.25, -0.2) is 9.97 Å². The number of fused-ring (bicyclic) bond motifs is 1. The maximum absolute atomic E-state index is 12.9. The van der Waals surface area contributed by atoms with Gasteiger partial charge in [-0.2, -0.15) is 4.98 Å². The third-order valence-electron chi connectivity index (χ3n) is 6.33. The number of rotatable bonds is 6. The summed E-state index contributed by atoms with van der Waals surface area (Å²) in [7, 11) is 0. The van der Waals surface area contributed by atoms with Crippen molar-refractivity contribution in [2.24, 2.45) is 0 Å². The third kappa shape index (κ3) is 5.31. The quantitative estimate of drug-likeness (QED) is 0.385. The number of nitrogens with one attached hydrogen (secondary N) is 4. The van der Waals surface area contributed by atoms with E-state index in [0.29, 0.717) is 23.1 Å². The molecule has 0 bridgehead atoms. The van der Waals surface area contributed by atoms with E-state index in [4.69, 9.17) is 4.98 Å². The summed E-state index contributed by atoms with van der Waals surface area (Å²) in [6.07, 6.45) is 4.58. The van der Waals surface area contributed by atoms with Crippen molar-refractivity contribution < 1.29 is 4.79 Å². The second-order valence-electron chi connectivity index (χ2n) is 10.9. The Labute approximate surface area is 210 Å². The number of nitrogens with zero attached hydrogens (tertiary/aromatic N) is 3. The molecule has 2 aromatic heterocycles. The SMILES string of the molecule is CC(C)(C)c1nc(Nc2nc(Nc3ccc4c(c3)CCNC4(C)C)ncc2C(=O)NC2CC2)cs1. The Morgan fingerprint density at radius 3 is 2.69 bits per heavy atom. The van der Waals surface area contributed by atoms with E-state index < -0.39 is 0 Å². The van der Waals surface area contributed by atoms with E-state index in [0.717, 1.165) is 36.5 Å². The first-order valence-electron chi connectivity index (χ1n) is 12.1. The summed E-state index contributed by atoms with van der Waals surface area (Å²) < 4.78 is 0. The number of amides is 1. The molecule has 5 rings (SSSR count). The van der Waals surface area contributed by atoms with Gasteiger partial charge in [-0.3, -0.25) is 4.79 Å². The first kappa shape index (κ1) is 23.7. The van der Waals surface area contributed by atoms with Gasteiger partial charge in [0.05, 0.1) is 0 Å². The largest absolute Gasteiger partial charge is 0.349 e. The third-order valence-corrected chi connectivity index (χ3v) is 7.60. The first-order valence-corrected chi connectivity index (χ1v) is 13.0. The summed E-state index contributed by atoms with van der Waals surface area (Å²) in [5.41, 5.74) is 3.86. The summed E-state index contributed by atoms with van der Waals surface area (Å²) in [5, 5.41) is 16.2. The van der Waals surface area contributed by atoms with Crippen LogP contribution in [-0.4, -0.2) is 33.4 Å². The fourth-order valence-electron chi connectivity index (χ4n) is 4.21. The van der Waals surface area contributed by atoms with Gasteiger partial charge in [-0.05, 0) is 62.9 Å². The number of carbonyl (C=O) groups is 1. The van der Waals surface area contributed by atoms with Gasteiger partial charge in [0.2, 0.25) is 5.95 Å². The Morgan fingerprint density at radius 2 is 1.97 bits per heavy atom. The Balaban J connectivity index is 1.43. The van der Waals surface area contributed by atoms with Crippen LogP contribution >= 0.6 is 11.3 Å². The van der Waals surface area contributed by atoms with Gasteiger partial charge in [0.25, 0.3) is 5.91 Å². The molecular formula is C26H33N7OS. The van der Waals surface area contributed by atoms with Crippen molar-refractivity contribution in [1.29, 1.82) is 0 Å². The van der Waals surface area contributed by atoms with Crippen molar-refractivity contribution in [2.45, 2.75) is 70.9 Å². The Hall–Kier alpha value is -3.04. The lowest BCUT2D eigenvalue weighted by Crippen LogP contribution is -2.42. The molecule has 0 saturated heterocycles. The molecule has 1 aromatic carbocycles. The normalized spacial score (nSPS) is 16.9. The molecule has 1 aliphatic carbocycles. The van der Waals surface area contributed by atoms with Crippen LogP contribution in [0, 0.1) is 0 Å². The van der Waals surface area contributed by atoms with Gasteiger partial charge in [-0.1, -0.05) is 26.8 Å². The van der Waals surface area contributed by atoms with Crippen LogP contribution in [0.15, 0.2) is 29.8 Å². The smallest absolute Gasteiger partial charge is 0.256 e. The zero-order chi connectivity index (χ0) is 24.8. The van der Waals surface area contributed by atoms with Crippen LogP contribution in [-0.2, 0) is 17.4 Å². The topological polar surface area (TPSA) is 104 Å². The Bertz CT molecular complexity index is 1260. The summed E-state index contributed by atoms with van der Waals surface area (Å²) >= 11 is 1.59. The monoisotopic (exact) mass is 491 g/mol. The van der Waals surface area contributed by atoms with Gasteiger partial charge in [0.15, 0.2) is 0 Å². The maximum Gasteiger partial charge on any atom is 0.256 e.